The van der Waals surface area contributed by atoms with Crippen LogP contribution >= 0.6 is 0 Å². The first kappa shape index (κ1) is 20.7. The van der Waals surface area contributed by atoms with Gasteiger partial charge in [0, 0.05) is 30.3 Å². The second-order valence-electron chi connectivity index (χ2n) is 7.27. The van der Waals surface area contributed by atoms with E-state index >= 15 is 0 Å². The first-order valence-electron chi connectivity index (χ1n) is 8.85. The molecular weight excluding hydrogens is 397 g/mol. The molecule has 1 fully saturated rings. The molecule has 0 aliphatic carbocycles. The van der Waals surface area contributed by atoms with E-state index in [1.807, 2.05) is 0 Å². The summed E-state index contributed by atoms with van der Waals surface area (Å²) >= 11 is 0. The molecule has 1 atom stereocenters. The molecule has 0 radical (unpaired) electrons. The standard InChI is InChI=1S/C19H24FN5O3S/c1-19(11-29(4,27)25(2)18(21)24-19)14-9-12(5-7-15(14)20)23-17(26)16-8-6-13(28-3)10-22-16/h5-10,29H,11H2,1-4H3,(H2,21,24)(H,23,26)/t19-/m0/s1. The lowest BCUT2D eigenvalue weighted by molar-refractivity contribution is 0.102. The maximum absolute atomic E-state index is 14.7. The molecule has 0 bridgehead atoms. The number of anilines is 1. The first-order valence-corrected chi connectivity index (χ1v) is 11.1. The molecule has 3 N–H and O–H groups in total. The molecule has 2 aromatic rings. The summed E-state index contributed by atoms with van der Waals surface area (Å²) in [5.74, 6) is -0.356. The number of halogens is 1. The zero-order valence-electron chi connectivity index (χ0n) is 16.6. The number of pyridine rings is 1. The lowest BCUT2D eigenvalue weighted by Crippen LogP contribution is -2.63. The van der Waals surface area contributed by atoms with Crippen LogP contribution in [0.5, 0.6) is 5.75 Å². The van der Waals surface area contributed by atoms with Crippen LogP contribution in [0.25, 0.3) is 0 Å². The fraction of sp³-hybridized carbons (Fsp3) is 0.316. The highest BCUT2D eigenvalue weighted by Crippen LogP contribution is 2.33. The van der Waals surface area contributed by atoms with Gasteiger partial charge in [-0.15, -0.1) is 0 Å². The number of nitrogens with zero attached hydrogens (tertiary/aromatic N) is 2. The van der Waals surface area contributed by atoms with Crippen molar-refractivity contribution in [3.8, 4) is 5.75 Å². The fourth-order valence-corrected chi connectivity index (χ4v) is 5.40. The topological polar surface area (TPSA) is 107 Å². The molecule has 8 nitrogen and oxygen atoms in total. The molecule has 1 aromatic heterocycles. The van der Waals surface area contributed by atoms with Crippen LogP contribution in [0.15, 0.2) is 36.5 Å². The Labute approximate surface area is 169 Å². The van der Waals surface area contributed by atoms with Gasteiger partial charge in [-0.25, -0.2) is 9.37 Å². The molecule has 2 heterocycles. The zero-order chi connectivity index (χ0) is 21.4. The van der Waals surface area contributed by atoms with E-state index in [4.69, 9.17) is 10.1 Å². The van der Waals surface area contributed by atoms with Gasteiger partial charge in [0.1, 0.15) is 17.3 Å². The van der Waals surface area contributed by atoms with Gasteiger partial charge in [0.15, 0.2) is 0 Å². The van der Waals surface area contributed by atoms with Gasteiger partial charge in [-0.2, -0.15) is 0 Å². The SMILES string of the molecule is COc1ccc(C(=O)Nc2ccc(F)c([C@]3(C)C[SH](C)(=O)N(C)C(=N)N3)c2)nc1. The van der Waals surface area contributed by atoms with E-state index < -0.39 is 27.4 Å². The minimum atomic E-state index is -2.87. The van der Waals surface area contributed by atoms with Gasteiger partial charge in [0.25, 0.3) is 5.91 Å². The van der Waals surface area contributed by atoms with E-state index in [0.717, 1.165) is 0 Å². The van der Waals surface area contributed by atoms with E-state index in [2.05, 4.69) is 15.6 Å². The third kappa shape index (κ3) is 4.07. The molecule has 1 amide bonds. The van der Waals surface area contributed by atoms with E-state index in [1.165, 1.54) is 41.9 Å². The summed E-state index contributed by atoms with van der Waals surface area (Å²) in [6.45, 7) is 1.69. The highest BCUT2D eigenvalue weighted by atomic mass is 32.3. The molecule has 156 valence electrons. The number of nitrogens with one attached hydrogen (secondary N) is 3. The normalized spacial score (nSPS) is 21.8. The van der Waals surface area contributed by atoms with Gasteiger partial charge in [0.2, 0.25) is 5.96 Å². The fourth-order valence-electron chi connectivity index (χ4n) is 3.29. The number of hydrogen-bond acceptors (Lipinski definition) is 5. The van der Waals surface area contributed by atoms with Gasteiger partial charge < -0.3 is 15.4 Å². The summed E-state index contributed by atoms with van der Waals surface area (Å²) in [4.78, 5) is 16.5. The molecule has 1 saturated heterocycles. The monoisotopic (exact) mass is 421 g/mol. The van der Waals surface area contributed by atoms with Crippen LogP contribution in [-0.4, -0.2) is 51.5 Å². The predicted octanol–water partition coefficient (Wildman–Crippen LogP) is 1.73. The van der Waals surface area contributed by atoms with Crippen molar-refractivity contribution in [2.24, 2.45) is 0 Å². The number of rotatable bonds is 4. The molecule has 1 aliphatic rings. The van der Waals surface area contributed by atoms with Crippen LogP contribution in [0.1, 0.15) is 23.0 Å². The van der Waals surface area contributed by atoms with Gasteiger partial charge in [-0.05, 0) is 47.4 Å². The Morgan fingerprint density at radius 1 is 1.41 bits per heavy atom. The molecule has 0 spiro atoms. The van der Waals surface area contributed by atoms with Crippen LogP contribution in [-0.2, 0) is 15.7 Å². The molecule has 1 aliphatic heterocycles. The number of ether oxygens (including phenoxy) is 1. The average molecular weight is 421 g/mol. The van der Waals surface area contributed by atoms with Gasteiger partial charge >= 0.3 is 0 Å². The average Bonchev–Trinajstić information content (AvgIpc) is 2.67. The molecule has 1 aromatic carbocycles. The Hall–Kier alpha value is -3.01. The third-order valence-corrected chi connectivity index (χ3v) is 7.67. The van der Waals surface area contributed by atoms with Crippen molar-refractivity contribution in [1.82, 2.24) is 14.6 Å². The van der Waals surface area contributed by atoms with Crippen LogP contribution in [0, 0.1) is 11.2 Å². The number of guanidine groups is 1. The number of aromatic nitrogens is 1. The third-order valence-electron chi connectivity index (χ3n) is 4.99. The van der Waals surface area contributed by atoms with Crippen molar-refractivity contribution in [1.29, 1.82) is 5.41 Å². The van der Waals surface area contributed by atoms with Crippen LogP contribution < -0.4 is 15.4 Å². The molecule has 29 heavy (non-hydrogen) atoms. The lowest BCUT2D eigenvalue weighted by Gasteiger charge is -2.47. The number of amides is 1. The summed E-state index contributed by atoms with van der Waals surface area (Å²) in [5, 5.41) is 13.7. The summed E-state index contributed by atoms with van der Waals surface area (Å²) in [6.07, 6.45) is 3.00. The summed E-state index contributed by atoms with van der Waals surface area (Å²) in [7, 11) is 0.209. The highest BCUT2D eigenvalue weighted by Gasteiger charge is 2.41. The van der Waals surface area contributed by atoms with E-state index in [9.17, 15) is 13.4 Å². The maximum atomic E-state index is 14.7. The van der Waals surface area contributed by atoms with Crippen LogP contribution in [0.2, 0.25) is 0 Å². The minimum Gasteiger partial charge on any atom is -0.495 e. The van der Waals surface area contributed by atoms with E-state index in [1.54, 1.807) is 26.3 Å². The quantitative estimate of drug-likeness (QED) is 0.563. The Balaban J connectivity index is 1.89. The molecule has 0 unspecified atom stereocenters. The molecular formula is C19H24FN5O3S. The number of carbonyl (C=O) groups excluding carboxylic acids is 1. The Bertz CT molecular complexity index is 1010. The van der Waals surface area contributed by atoms with Gasteiger partial charge in [0.05, 0.1) is 18.8 Å². The van der Waals surface area contributed by atoms with Crippen LogP contribution in [0.4, 0.5) is 10.1 Å². The Morgan fingerprint density at radius 2 is 2.14 bits per heavy atom. The minimum absolute atomic E-state index is 0.0409. The Kier molecular flexibility index (Phi) is 5.31. The lowest BCUT2D eigenvalue weighted by atomic mass is 9.93. The van der Waals surface area contributed by atoms with Crippen molar-refractivity contribution >= 4 is 27.7 Å². The summed E-state index contributed by atoms with van der Waals surface area (Å²) < 4.78 is 34.0. The van der Waals surface area contributed by atoms with Crippen molar-refractivity contribution in [2.75, 3.05) is 31.5 Å². The number of carbonyl (C=O) groups is 1. The zero-order valence-corrected chi connectivity index (χ0v) is 17.5. The van der Waals surface area contributed by atoms with Crippen molar-refractivity contribution < 1.29 is 18.1 Å². The van der Waals surface area contributed by atoms with Crippen molar-refractivity contribution in [3.63, 3.8) is 0 Å². The second kappa shape index (κ2) is 7.43. The number of methoxy groups -OCH3 is 1. The summed E-state index contributed by atoms with van der Waals surface area (Å²) in [6, 6.07) is 7.30. The predicted molar refractivity (Wildman–Crippen MR) is 111 cm³/mol. The van der Waals surface area contributed by atoms with Crippen LogP contribution in [0.3, 0.4) is 0 Å². The first-order chi connectivity index (χ1) is 13.6. The molecule has 10 heteroatoms. The number of benzene rings is 1. The largest absolute Gasteiger partial charge is 0.495 e. The van der Waals surface area contributed by atoms with Crippen molar-refractivity contribution in [3.05, 3.63) is 53.6 Å². The van der Waals surface area contributed by atoms with Gasteiger partial charge in [-0.3, -0.25) is 18.7 Å². The smallest absolute Gasteiger partial charge is 0.274 e. The van der Waals surface area contributed by atoms with Gasteiger partial charge in [-0.1, -0.05) is 0 Å². The number of thiol groups is 1. The summed E-state index contributed by atoms with van der Waals surface area (Å²) in [5.41, 5.74) is -0.293. The van der Waals surface area contributed by atoms with E-state index in [0.29, 0.717) is 11.4 Å². The number of hydrogen-bond donors (Lipinski definition) is 4. The molecule has 0 saturated carbocycles. The molecule has 3 rings (SSSR count). The maximum Gasteiger partial charge on any atom is 0.274 e. The Morgan fingerprint density at radius 3 is 2.72 bits per heavy atom. The second-order valence-corrected chi connectivity index (χ2v) is 10.3. The van der Waals surface area contributed by atoms with Crippen molar-refractivity contribution in [2.45, 2.75) is 12.5 Å². The highest BCUT2D eigenvalue weighted by molar-refractivity contribution is 8.00. The van der Waals surface area contributed by atoms with E-state index in [-0.39, 0.29) is 23.0 Å².